The van der Waals surface area contributed by atoms with E-state index in [-0.39, 0.29) is 4.90 Å². The summed E-state index contributed by atoms with van der Waals surface area (Å²) in [6.07, 6.45) is 0. The molecule has 0 bridgehead atoms. The smallest absolute Gasteiger partial charge is 0.321 e. The number of rotatable bonds is 4. The van der Waals surface area contributed by atoms with Crippen LogP contribution in [0.15, 0.2) is 29.2 Å². The summed E-state index contributed by atoms with van der Waals surface area (Å²) in [5.41, 5.74) is 0. The maximum absolute atomic E-state index is 12.6. The van der Waals surface area contributed by atoms with Crippen LogP contribution in [-0.4, -0.2) is 25.5 Å². The molecule has 1 aromatic rings. The van der Waals surface area contributed by atoms with Crippen molar-refractivity contribution in [1.82, 2.24) is 4.72 Å². The van der Waals surface area contributed by atoms with Gasteiger partial charge in [-0.1, -0.05) is 0 Å². The highest BCUT2D eigenvalue weighted by molar-refractivity contribution is 7.89. The van der Waals surface area contributed by atoms with Gasteiger partial charge in [0, 0.05) is 0 Å². The van der Waals surface area contributed by atoms with Crippen molar-refractivity contribution in [3.8, 4) is 0 Å². The molecule has 7 heteroatoms. The number of hydrogen-bond donors (Lipinski definition) is 2. The first-order valence-electron chi connectivity index (χ1n) is 4.33. The molecule has 0 aromatic heterocycles. The first kappa shape index (κ1) is 12.6. The second kappa shape index (κ2) is 4.58. The summed E-state index contributed by atoms with van der Waals surface area (Å²) >= 11 is 0. The van der Waals surface area contributed by atoms with Crippen molar-refractivity contribution in [3.63, 3.8) is 0 Å². The van der Waals surface area contributed by atoms with Gasteiger partial charge in [-0.2, -0.15) is 4.72 Å². The van der Waals surface area contributed by atoms with E-state index in [1.807, 2.05) is 4.72 Å². The summed E-state index contributed by atoms with van der Waals surface area (Å²) in [6.45, 7) is 1.20. The molecule has 0 aliphatic rings. The van der Waals surface area contributed by atoms with E-state index in [0.717, 1.165) is 24.3 Å². The van der Waals surface area contributed by atoms with Crippen molar-refractivity contribution in [2.24, 2.45) is 0 Å². The highest BCUT2D eigenvalue weighted by atomic mass is 32.2. The minimum absolute atomic E-state index is 0.179. The van der Waals surface area contributed by atoms with Gasteiger partial charge in [-0.05, 0) is 31.2 Å². The third-order valence-corrected chi connectivity index (χ3v) is 3.38. The van der Waals surface area contributed by atoms with Crippen LogP contribution in [0.2, 0.25) is 0 Å². The largest absolute Gasteiger partial charge is 0.480 e. The second-order valence-corrected chi connectivity index (χ2v) is 4.85. The maximum Gasteiger partial charge on any atom is 0.321 e. The van der Waals surface area contributed by atoms with Crippen LogP contribution in [0.3, 0.4) is 0 Å². The third kappa shape index (κ3) is 3.01. The zero-order valence-corrected chi connectivity index (χ0v) is 9.16. The molecule has 1 atom stereocenters. The number of hydrogen-bond acceptors (Lipinski definition) is 3. The zero-order chi connectivity index (χ0) is 12.3. The molecule has 5 nitrogen and oxygen atoms in total. The summed E-state index contributed by atoms with van der Waals surface area (Å²) in [6, 6.07) is 2.86. The average Bonchev–Trinajstić information content (AvgIpc) is 2.17. The minimum Gasteiger partial charge on any atom is -0.480 e. The van der Waals surface area contributed by atoms with Crippen LogP contribution < -0.4 is 4.72 Å². The lowest BCUT2D eigenvalue weighted by Crippen LogP contribution is -2.38. The lowest BCUT2D eigenvalue weighted by molar-refractivity contribution is -0.138. The minimum atomic E-state index is -3.92. The molecule has 0 saturated heterocycles. The Hall–Kier alpha value is -1.47. The van der Waals surface area contributed by atoms with Gasteiger partial charge in [0.15, 0.2) is 0 Å². The molecule has 1 aromatic carbocycles. The van der Waals surface area contributed by atoms with E-state index < -0.39 is 27.9 Å². The summed E-state index contributed by atoms with van der Waals surface area (Å²) < 4.78 is 37.6. The number of halogens is 1. The monoisotopic (exact) mass is 247 g/mol. The third-order valence-electron chi connectivity index (χ3n) is 1.83. The van der Waals surface area contributed by atoms with E-state index >= 15 is 0 Å². The van der Waals surface area contributed by atoms with Crippen molar-refractivity contribution in [1.29, 1.82) is 0 Å². The SMILES string of the molecule is C[C@H](NS(=O)(=O)c1ccc(F)cc1)C(=O)O. The molecule has 0 aliphatic heterocycles. The maximum atomic E-state index is 12.6. The molecule has 0 fully saturated rings. The van der Waals surface area contributed by atoms with Gasteiger partial charge in [-0.3, -0.25) is 4.79 Å². The Morgan fingerprint density at radius 3 is 2.31 bits per heavy atom. The number of carbonyl (C=O) groups is 1. The van der Waals surface area contributed by atoms with Crippen LogP contribution in [0.1, 0.15) is 6.92 Å². The van der Waals surface area contributed by atoms with Gasteiger partial charge in [0.05, 0.1) is 4.90 Å². The number of carboxylic acids is 1. The van der Waals surface area contributed by atoms with Crippen molar-refractivity contribution in [2.45, 2.75) is 17.9 Å². The van der Waals surface area contributed by atoms with Crippen molar-refractivity contribution in [3.05, 3.63) is 30.1 Å². The van der Waals surface area contributed by atoms with E-state index in [1.165, 1.54) is 6.92 Å². The summed E-state index contributed by atoms with van der Waals surface area (Å²) in [4.78, 5) is 10.3. The van der Waals surface area contributed by atoms with Crippen molar-refractivity contribution in [2.75, 3.05) is 0 Å². The fraction of sp³-hybridized carbons (Fsp3) is 0.222. The van der Waals surface area contributed by atoms with E-state index in [1.54, 1.807) is 0 Å². The molecule has 0 unspecified atom stereocenters. The molecular weight excluding hydrogens is 237 g/mol. The quantitative estimate of drug-likeness (QED) is 0.815. The Bertz CT molecular complexity index is 483. The molecule has 0 spiro atoms. The molecule has 2 N–H and O–H groups in total. The Kier molecular flexibility index (Phi) is 3.61. The first-order chi connectivity index (χ1) is 7.33. The molecular formula is C9H10FNO4S. The number of nitrogens with one attached hydrogen (secondary N) is 1. The van der Waals surface area contributed by atoms with E-state index in [9.17, 15) is 17.6 Å². The van der Waals surface area contributed by atoms with E-state index in [2.05, 4.69) is 0 Å². The second-order valence-electron chi connectivity index (χ2n) is 3.14. The van der Waals surface area contributed by atoms with Gasteiger partial charge in [-0.15, -0.1) is 0 Å². The number of benzene rings is 1. The van der Waals surface area contributed by atoms with E-state index in [0.29, 0.717) is 0 Å². The number of sulfonamides is 1. The first-order valence-corrected chi connectivity index (χ1v) is 5.82. The van der Waals surface area contributed by atoms with Crippen LogP contribution in [0.5, 0.6) is 0 Å². The van der Waals surface area contributed by atoms with Gasteiger partial charge >= 0.3 is 5.97 Å². The van der Waals surface area contributed by atoms with Crippen LogP contribution in [-0.2, 0) is 14.8 Å². The van der Waals surface area contributed by atoms with Gasteiger partial charge < -0.3 is 5.11 Å². The number of carboxylic acid groups (broad SMARTS) is 1. The Morgan fingerprint density at radius 2 is 1.88 bits per heavy atom. The predicted molar refractivity (Wildman–Crippen MR) is 53.8 cm³/mol. The highest BCUT2D eigenvalue weighted by Gasteiger charge is 2.21. The Morgan fingerprint density at radius 1 is 1.38 bits per heavy atom. The molecule has 0 aliphatic carbocycles. The van der Waals surface area contributed by atoms with Crippen molar-refractivity contribution < 1.29 is 22.7 Å². The van der Waals surface area contributed by atoms with Gasteiger partial charge in [0.1, 0.15) is 11.9 Å². The van der Waals surface area contributed by atoms with Crippen LogP contribution in [0.25, 0.3) is 0 Å². The molecule has 16 heavy (non-hydrogen) atoms. The topological polar surface area (TPSA) is 83.5 Å². The lowest BCUT2D eigenvalue weighted by Gasteiger charge is -2.09. The average molecular weight is 247 g/mol. The molecule has 1 rings (SSSR count). The molecule has 88 valence electrons. The van der Waals surface area contributed by atoms with Crippen LogP contribution in [0.4, 0.5) is 4.39 Å². The summed E-state index contributed by atoms with van der Waals surface area (Å²) in [5.74, 6) is -1.85. The Balaban J connectivity index is 2.94. The zero-order valence-electron chi connectivity index (χ0n) is 8.34. The van der Waals surface area contributed by atoms with E-state index in [4.69, 9.17) is 5.11 Å². The molecule has 0 amide bonds. The van der Waals surface area contributed by atoms with Crippen molar-refractivity contribution >= 4 is 16.0 Å². The van der Waals surface area contributed by atoms with Crippen LogP contribution >= 0.6 is 0 Å². The molecule has 0 radical (unpaired) electrons. The predicted octanol–water partition coefficient (Wildman–Crippen LogP) is 0.577. The normalized spacial score (nSPS) is 13.4. The molecule has 0 saturated carbocycles. The lowest BCUT2D eigenvalue weighted by atomic mass is 10.4. The van der Waals surface area contributed by atoms with Gasteiger partial charge in [0.2, 0.25) is 10.0 Å². The summed E-state index contributed by atoms with van der Waals surface area (Å²) in [5, 5.41) is 8.55. The molecule has 0 heterocycles. The van der Waals surface area contributed by atoms with Gasteiger partial charge in [0.25, 0.3) is 0 Å². The van der Waals surface area contributed by atoms with Crippen LogP contribution in [0, 0.1) is 5.82 Å². The fourth-order valence-corrected chi connectivity index (χ4v) is 2.16. The summed E-state index contributed by atoms with van der Waals surface area (Å²) in [7, 11) is -3.92. The number of aliphatic carboxylic acids is 1. The fourth-order valence-electron chi connectivity index (χ4n) is 0.965. The van der Waals surface area contributed by atoms with Gasteiger partial charge in [-0.25, -0.2) is 12.8 Å². The standard InChI is InChI=1S/C9H10FNO4S/c1-6(9(12)13)11-16(14,15)8-4-2-7(10)3-5-8/h2-6,11H,1H3,(H,12,13)/t6-/m0/s1. The highest BCUT2D eigenvalue weighted by Crippen LogP contribution is 2.10. The Labute approximate surface area is 92.0 Å².